The minimum atomic E-state index is 0.692. The van der Waals surface area contributed by atoms with Crippen molar-refractivity contribution in [3.8, 4) is 28.7 Å². The largest absolute Gasteiger partial charge is 0.272 e. The molecule has 0 aliphatic carbocycles. The Bertz CT molecular complexity index is 845. The summed E-state index contributed by atoms with van der Waals surface area (Å²) >= 11 is 0. The number of pyridine rings is 2. The van der Waals surface area contributed by atoms with Crippen molar-refractivity contribution in [2.45, 2.75) is 0 Å². The van der Waals surface area contributed by atoms with E-state index in [0.717, 1.165) is 17.1 Å². The van der Waals surface area contributed by atoms with Crippen LogP contribution >= 0.6 is 0 Å². The highest BCUT2D eigenvalue weighted by Crippen LogP contribution is 2.26. The summed E-state index contributed by atoms with van der Waals surface area (Å²) in [5.74, 6) is 1.38. The number of aromatic nitrogens is 5. The Hall–Kier alpha value is -3.34. The van der Waals surface area contributed by atoms with E-state index in [9.17, 15) is 0 Å². The quantitative estimate of drug-likeness (QED) is 0.582. The summed E-state index contributed by atoms with van der Waals surface area (Å²) in [5, 5.41) is 8.70. The van der Waals surface area contributed by atoms with E-state index in [2.05, 4.69) is 20.2 Å². The summed E-state index contributed by atoms with van der Waals surface area (Å²) < 4.78 is 1.98. The van der Waals surface area contributed by atoms with Crippen molar-refractivity contribution in [2.75, 3.05) is 0 Å². The van der Waals surface area contributed by atoms with Crippen molar-refractivity contribution in [3.05, 3.63) is 79.1 Å². The molecule has 0 saturated carbocycles. The van der Waals surface area contributed by atoms with Crippen molar-refractivity contribution in [1.82, 2.24) is 24.7 Å². The van der Waals surface area contributed by atoms with E-state index in [1.54, 1.807) is 12.4 Å². The zero-order valence-electron chi connectivity index (χ0n) is 12.2. The molecule has 0 atom stereocenters. The fraction of sp³-hybridized carbons (Fsp3) is 0. The molecule has 0 spiro atoms. The van der Waals surface area contributed by atoms with Crippen molar-refractivity contribution < 1.29 is 0 Å². The molecule has 0 fully saturated rings. The summed E-state index contributed by atoms with van der Waals surface area (Å²) in [5.41, 5.74) is 2.51. The molecule has 0 saturated heterocycles. The van der Waals surface area contributed by atoms with Gasteiger partial charge in [0.15, 0.2) is 11.6 Å². The van der Waals surface area contributed by atoms with Gasteiger partial charge in [-0.05, 0) is 36.4 Å². The molecule has 3 heterocycles. The zero-order valence-corrected chi connectivity index (χ0v) is 12.2. The lowest BCUT2D eigenvalue weighted by Gasteiger charge is -2.09. The molecule has 0 radical (unpaired) electrons. The van der Waals surface area contributed by atoms with Crippen LogP contribution in [0.5, 0.6) is 0 Å². The molecular formula is C18H13N5. The third-order valence-corrected chi connectivity index (χ3v) is 3.47. The Morgan fingerprint density at radius 1 is 0.565 bits per heavy atom. The first-order chi connectivity index (χ1) is 11.4. The molecule has 4 aromatic rings. The number of rotatable bonds is 3. The summed E-state index contributed by atoms with van der Waals surface area (Å²) in [6.45, 7) is 0. The first-order valence-corrected chi connectivity index (χ1v) is 7.27. The molecule has 0 unspecified atom stereocenters. The van der Waals surface area contributed by atoms with Gasteiger partial charge in [0, 0.05) is 18.1 Å². The number of benzene rings is 1. The molecule has 23 heavy (non-hydrogen) atoms. The van der Waals surface area contributed by atoms with E-state index in [1.165, 1.54) is 0 Å². The molecular weight excluding hydrogens is 286 g/mol. The number of hydrogen-bond donors (Lipinski definition) is 0. The van der Waals surface area contributed by atoms with Gasteiger partial charge in [-0.15, -0.1) is 10.2 Å². The fourth-order valence-corrected chi connectivity index (χ4v) is 2.43. The van der Waals surface area contributed by atoms with E-state index >= 15 is 0 Å². The molecule has 110 valence electrons. The molecule has 0 aliphatic heterocycles. The highest BCUT2D eigenvalue weighted by molar-refractivity contribution is 5.62. The van der Waals surface area contributed by atoms with Gasteiger partial charge >= 0.3 is 0 Å². The Kier molecular flexibility index (Phi) is 3.37. The second-order valence-electron chi connectivity index (χ2n) is 4.95. The third-order valence-electron chi connectivity index (χ3n) is 3.47. The summed E-state index contributed by atoms with van der Waals surface area (Å²) in [6.07, 6.45) is 3.50. The van der Waals surface area contributed by atoms with Crippen LogP contribution in [-0.4, -0.2) is 24.7 Å². The van der Waals surface area contributed by atoms with Crippen LogP contribution in [0.1, 0.15) is 0 Å². The van der Waals surface area contributed by atoms with Gasteiger partial charge in [0.05, 0.1) is 0 Å². The van der Waals surface area contributed by atoms with Gasteiger partial charge < -0.3 is 0 Å². The highest BCUT2D eigenvalue weighted by atomic mass is 15.3. The molecule has 1 aromatic carbocycles. The fourth-order valence-electron chi connectivity index (χ4n) is 2.43. The molecule has 5 heteroatoms. The molecule has 4 rings (SSSR count). The van der Waals surface area contributed by atoms with Crippen LogP contribution in [0.4, 0.5) is 0 Å². The van der Waals surface area contributed by atoms with Crippen molar-refractivity contribution in [1.29, 1.82) is 0 Å². The van der Waals surface area contributed by atoms with Gasteiger partial charge in [-0.1, -0.05) is 30.3 Å². The van der Waals surface area contributed by atoms with E-state index in [-0.39, 0.29) is 0 Å². The Balaban J connectivity index is 1.97. The standard InChI is InChI=1S/C18H13N5/c1-2-8-14(9-3-1)23-17(15-10-4-6-12-19-15)21-22-18(23)16-11-5-7-13-20-16/h1-13H. The Morgan fingerprint density at radius 3 is 1.57 bits per heavy atom. The van der Waals surface area contributed by atoms with E-state index < -0.39 is 0 Å². The normalized spacial score (nSPS) is 10.6. The van der Waals surface area contributed by atoms with E-state index in [1.807, 2.05) is 71.3 Å². The molecule has 0 bridgehead atoms. The topological polar surface area (TPSA) is 56.5 Å². The monoisotopic (exact) mass is 299 g/mol. The van der Waals surface area contributed by atoms with Gasteiger partial charge in [0.25, 0.3) is 0 Å². The van der Waals surface area contributed by atoms with Crippen LogP contribution in [0.2, 0.25) is 0 Å². The van der Waals surface area contributed by atoms with Crippen molar-refractivity contribution in [3.63, 3.8) is 0 Å². The summed E-state index contributed by atoms with van der Waals surface area (Å²) in [4.78, 5) is 8.80. The first kappa shape index (κ1) is 13.3. The number of hydrogen-bond acceptors (Lipinski definition) is 4. The highest BCUT2D eigenvalue weighted by Gasteiger charge is 2.18. The second-order valence-corrected chi connectivity index (χ2v) is 4.95. The second kappa shape index (κ2) is 5.81. The predicted molar refractivity (Wildman–Crippen MR) is 87.8 cm³/mol. The van der Waals surface area contributed by atoms with E-state index in [0.29, 0.717) is 11.6 Å². The van der Waals surface area contributed by atoms with Crippen LogP contribution < -0.4 is 0 Å². The van der Waals surface area contributed by atoms with Gasteiger partial charge in [0.1, 0.15) is 11.4 Å². The average molecular weight is 299 g/mol. The number of nitrogens with zero attached hydrogens (tertiary/aromatic N) is 5. The van der Waals surface area contributed by atoms with Crippen molar-refractivity contribution >= 4 is 0 Å². The van der Waals surface area contributed by atoms with Crippen LogP contribution in [0.25, 0.3) is 28.7 Å². The maximum atomic E-state index is 4.40. The summed E-state index contributed by atoms with van der Waals surface area (Å²) in [7, 11) is 0. The average Bonchev–Trinajstić information content (AvgIpc) is 3.09. The van der Waals surface area contributed by atoms with E-state index in [4.69, 9.17) is 0 Å². The van der Waals surface area contributed by atoms with Gasteiger partial charge in [-0.2, -0.15) is 0 Å². The predicted octanol–water partition coefficient (Wildman–Crippen LogP) is 3.39. The third kappa shape index (κ3) is 2.48. The van der Waals surface area contributed by atoms with Crippen LogP contribution in [0.15, 0.2) is 79.1 Å². The maximum Gasteiger partial charge on any atom is 0.187 e. The SMILES string of the molecule is c1ccc(-n2c(-c3ccccn3)nnc2-c2ccccn2)cc1. The Labute approximate surface area is 133 Å². The lowest BCUT2D eigenvalue weighted by atomic mass is 10.2. The zero-order chi connectivity index (χ0) is 15.5. The molecule has 0 N–H and O–H groups in total. The minimum Gasteiger partial charge on any atom is -0.272 e. The molecule has 0 aliphatic rings. The smallest absolute Gasteiger partial charge is 0.187 e. The van der Waals surface area contributed by atoms with Gasteiger partial charge in [0.2, 0.25) is 0 Å². The molecule has 3 aromatic heterocycles. The van der Waals surface area contributed by atoms with Crippen LogP contribution in [0.3, 0.4) is 0 Å². The lowest BCUT2D eigenvalue weighted by molar-refractivity contribution is 1.05. The Morgan fingerprint density at radius 2 is 1.09 bits per heavy atom. The number of para-hydroxylation sites is 1. The molecule has 0 amide bonds. The molecule has 5 nitrogen and oxygen atoms in total. The maximum absolute atomic E-state index is 4.40. The summed E-state index contributed by atoms with van der Waals surface area (Å²) in [6, 6.07) is 21.5. The first-order valence-electron chi connectivity index (χ1n) is 7.27. The van der Waals surface area contributed by atoms with Crippen LogP contribution in [0, 0.1) is 0 Å². The lowest BCUT2D eigenvalue weighted by Crippen LogP contribution is -2.01. The minimum absolute atomic E-state index is 0.692. The van der Waals surface area contributed by atoms with Crippen LogP contribution in [-0.2, 0) is 0 Å². The van der Waals surface area contributed by atoms with Gasteiger partial charge in [-0.3, -0.25) is 14.5 Å². The van der Waals surface area contributed by atoms with Gasteiger partial charge in [-0.25, -0.2) is 0 Å². The van der Waals surface area contributed by atoms with Crippen molar-refractivity contribution in [2.24, 2.45) is 0 Å².